The van der Waals surface area contributed by atoms with E-state index in [0.29, 0.717) is 31.8 Å². The Kier molecular flexibility index (Phi) is 6.44. The van der Waals surface area contributed by atoms with Gasteiger partial charge in [0.25, 0.3) is 11.6 Å². The van der Waals surface area contributed by atoms with Gasteiger partial charge in [0.1, 0.15) is 23.5 Å². The summed E-state index contributed by atoms with van der Waals surface area (Å²) in [6, 6.07) is 3.37. The zero-order chi connectivity index (χ0) is 22.8. The van der Waals surface area contributed by atoms with E-state index in [1.807, 2.05) is 0 Å². The van der Waals surface area contributed by atoms with E-state index in [1.165, 1.54) is 25.3 Å². The lowest BCUT2D eigenvalue weighted by Gasteiger charge is -2.37. The first kappa shape index (κ1) is 22.5. The Hall–Kier alpha value is -3.21. The van der Waals surface area contributed by atoms with E-state index in [9.17, 15) is 24.5 Å². The second-order valence-corrected chi connectivity index (χ2v) is 8.29. The number of carbonyl (C=O) groups excluding carboxylic acids is 3. The van der Waals surface area contributed by atoms with Crippen molar-refractivity contribution in [3.05, 3.63) is 28.3 Å². The number of benzene rings is 1. The van der Waals surface area contributed by atoms with E-state index in [2.05, 4.69) is 29.4 Å². The number of anilines is 1. The molecule has 0 bridgehead atoms. The summed E-state index contributed by atoms with van der Waals surface area (Å²) in [6.45, 7) is 6.02. The van der Waals surface area contributed by atoms with Crippen LogP contribution in [0.4, 0.5) is 16.2 Å². The van der Waals surface area contributed by atoms with Crippen LogP contribution in [0.3, 0.4) is 0 Å². The van der Waals surface area contributed by atoms with Crippen molar-refractivity contribution in [2.45, 2.75) is 32.2 Å². The van der Waals surface area contributed by atoms with Gasteiger partial charge in [-0.25, -0.2) is 4.79 Å². The molecule has 0 aromatic heterocycles. The highest BCUT2D eigenvalue weighted by atomic mass is 16.6. The quantitative estimate of drug-likeness (QED) is 0.379. The minimum Gasteiger partial charge on any atom is -0.496 e. The van der Waals surface area contributed by atoms with Gasteiger partial charge in [-0.3, -0.25) is 24.6 Å². The molecule has 0 unspecified atom stereocenters. The molecule has 2 fully saturated rings. The number of likely N-dealkylation sites (tertiary alicyclic amines) is 1. The standard InChI is InChI=1S/C20H27N5O6/c1-13(2)11-23-8-6-20(7-9-23)18(27)24(19(28)22-20)12-17(26)21-15-5-4-14(31-3)10-16(15)25(29)30/h4-5,10,13H,6-9,11-12H2,1-3H3,(H,21,26)(H,22,28). The van der Waals surface area contributed by atoms with Crippen molar-refractivity contribution in [3.8, 4) is 5.75 Å². The fourth-order valence-electron chi connectivity index (χ4n) is 4.02. The number of hydrogen-bond donors (Lipinski definition) is 2. The molecule has 0 saturated carbocycles. The largest absolute Gasteiger partial charge is 0.496 e. The number of nitro benzene ring substituents is 1. The van der Waals surface area contributed by atoms with Crippen molar-refractivity contribution in [1.82, 2.24) is 15.1 Å². The maximum absolute atomic E-state index is 13.0. The van der Waals surface area contributed by atoms with Crippen LogP contribution in [-0.4, -0.2) is 71.4 Å². The minimum absolute atomic E-state index is 0.0421. The number of imide groups is 1. The predicted octanol–water partition coefficient (Wildman–Crippen LogP) is 1.58. The van der Waals surface area contributed by atoms with Gasteiger partial charge in [-0.2, -0.15) is 0 Å². The molecule has 2 saturated heterocycles. The SMILES string of the molecule is COc1ccc(NC(=O)CN2C(=O)NC3(CCN(CC(C)C)CC3)C2=O)c([N+](=O)[O-])c1. The Balaban J connectivity index is 1.66. The smallest absolute Gasteiger partial charge is 0.325 e. The summed E-state index contributed by atoms with van der Waals surface area (Å²) in [4.78, 5) is 51.7. The summed E-state index contributed by atoms with van der Waals surface area (Å²) in [5.41, 5.74) is -1.38. The predicted molar refractivity (Wildman–Crippen MR) is 112 cm³/mol. The third kappa shape index (κ3) is 4.76. The zero-order valence-electron chi connectivity index (χ0n) is 17.8. The van der Waals surface area contributed by atoms with Crippen LogP contribution in [0.25, 0.3) is 0 Å². The molecule has 0 radical (unpaired) electrons. The number of urea groups is 1. The summed E-state index contributed by atoms with van der Waals surface area (Å²) < 4.78 is 4.97. The summed E-state index contributed by atoms with van der Waals surface area (Å²) in [7, 11) is 1.37. The molecule has 2 N–H and O–H groups in total. The molecule has 11 heteroatoms. The summed E-state index contributed by atoms with van der Waals surface area (Å²) in [5, 5.41) is 16.5. The van der Waals surface area contributed by atoms with Crippen LogP contribution in [-0.2, 0) is 9.59 Å². The Labute approximate surface area is 179 Å². The molecule has 3 rings (SSSR count). The average molecular weight is 433 g/mol. The molecule has 31 heavy (non-hydrogen) atoms. The number of amides is 4. The topological polar surface area (TPSA) is 134 Å². The van der Waals surface area contributed by atoms with Gasteiger partial charge >= 0.3 is 6.03 Å². The second kappa shape index (κ2) is 8.88. The average Bonchev–Trinajstić information content (AvgIpc) is 2.93. The van der Waals surface area contributed by atoms with Crippen LogP contribution in [0, 0.1) is 16.0 Å². The molecule has 2 aliphatic heterocycles. The van der Waals surface area contributed by atoms with Gasteiger partial charge in [-0.1, -0.05) is 13.8 Å². The first-order valence-electron chi connectivity index (χ1n) is 10.1. The molecule has 0 aliphatic carbocycles. The Morgan fingerprint density at radius 3 is 2.58 bits per heavy atom. The number of nitro groups is 1. The number of carbonyl (C=O) groups is 3. The van der Waals surface area contributed by atoms with E-state index in [4.69, 9.17) is 4.74 Å². The van der Waals surface area contributed by atoms with Crippen LogP contribution in [0.15, 0.2) is 18.2 Å². The van der Waals surface area contributed by atoms with Gasteiger partial charge in [-0.15, -0.1) is 0 Å². The fraction of sp³-hybridized carbons (Fsp3) is 0.550. The lowest BCUT2D eigenvalue weighted by atomic mass is 9.87. The van der Waals surface area contributed by atoms with Crippen LogP contribution in [0.1, 0.15) is 26.7 Å². The highest BCUT2D eigenvalue weighted by Gasteiger charge is 2.52. The molecule has 1 aromatic rings. The van der Waals surface area contributed by atoms with Crippen molar-refractivity contribution >= 4 is 29.2 Å². The maximum Gasteiger partial charge on any atom is 0.325 e. The lowest BCUT2D eigenvalue weighted by molar-refractivity contribution is -0.384. The number of nitrogens with zero attached hydrogens (tertiary/aromatic N) is 3. The maximum atomic E-state index is 13.0. The first-order valence-corrected chi connectivity index (χ1v) is 10.1. The minimum atomic E-state index is -0.989. The van der Waals surface area contributed by atoms with Crippen molar-refractivity contribution < 1.29 is 24.0 Å². The summed E-state index contributed by atoms with van der Waals surface area (Å²) >= 11 is 0. The van der Waals surface area contributed by atoms with Gasteiger partial charge in [-0.05, 0) is 30.9 Å². The molecule has 2 heterocycles. The number of rotatable bonds is 7. The van der Waals surface area contributed by atoms with E-state index in [1.54, 1.807) is 0 Å². The van der Waals surface area contributed by atoms with E-state index in [-0.39, 0.29) is 17.1 Å². The van der Waals surface area contributed by atoms with Gasteiger partial charge in [0, 0.05) is 19.6 Å². The highest BCUT2D eigenvalue weighted by molar-refractivity contribution is 6.10. The molecular formula is C20H27N5O6. The van der Waals surface area contributed by atoms with Crippen LogP contribution in [0.2, 0.25) is 0 Å². The molecule has 4 amide bonds. The molecule has 168 valence electrons. The third-order valence-corrected chi connectivity index (χ3v) is 5.56. The van der Waals surface area contributed by atoms with Crippen molar-refractivity contribution in [3.63, 3.8) is 0 Å². The van der Waals surface area contributed by atoms with Crippen molar-refractivity contribution in [1.29, 1.82) is 0 Å². The number of piperidine rings is 1. The molecule has 1 spiro atoms. The van der Waals surface area contributed by atoms with Gasteiger partial charge in [0.15, 0.2) is 0 Å². The Bertz CT molecular complexity index is 894. The van der Waals surface area contributed by atoms with E-state index < -0.39 is 34.9 Å². The van der Waals surface area contributed by atoms with Crippen molar-refractivity contribution in [2.75, 3.05) is 38.6 Å². The molecule has 11 nitrogen and oxygen atoms in total. The first-order chi connectivity index (χ1) is 14.6. The summed E-state index contributed by atoms with van der Waals surface area (Å²) in [5.74, 6) is -0.359. The van der Waals surface area contributed by atoms with Crippen molar-refractivity contribution in [2.24, 2.45) is 5.92 Å². The van der Waals surface area contributed by atoms with Crippen LogP contribution < -0.4 is 15.4 Å². The second-order valence-electron chi connectivity index (χ2n) is 8.29. The normalized spacial score (nSPS) is 18.4. The number of methoxy groups -OCH3 is 1. The molecule has 0 atom stereocenters. The monoisotopic (exact) mass is 433 g/mol. The van der Waals surface area contributed by atoms with Gasteiger partial charge in [0.2, 0.25) is 5.91 Å². The van der Waals surface area contributed by atoms with Gasteiger partial charge in [0.05, 0.1) is 18.1 Å². The number of ether oxygens (including phenoxy) is 1. The fourth-order valence-corrected chi connectivity index (χ4v) is 4.02. The van der Waals surface area contributed by atoms with Crippen LogP contribution >= 0.6 is 0 Å². The Morgan fingerprint density at radius 1 is 1.32 bits per heavy atom. The zero-order valence-corrected chi connectivity index (χ0v) is 17.8. The number of nitrogens with one attached hydrogen (secondary N) is 2. The number of hydrogen-bond acceptors (Lipinski definition) is 7. The molecular weight excluding hydrogens is 406 g/mol. The van der Waals surface area contributed by atoms with Crippen LogP contribution in [0.5, 0.6) is 5.75 Å². The Morgan fingerprint density at radius 2 is 2.00 bits per heavy atom. The molecule has 2 aliphatic rings. The van der Waals surface area contributed by atoms with E-state index in [0.717, 1.165) is 11.4 Å². The van der Waals surface area contributed by atoms with Gasteiger partial charge < -0.3 is 20.3 Å². The van der Waals surface area contributed by atoms with E-state index >= 15 is 0 Å². The molecule has 1 aromatic carbocycles. The lowest BCUT2D eigenvalue weighted by Crippen LogP contribution is -2.55. The third-order valence-electron chi connectivity index (χ3n) is 5.56. The summed E-state index contributed by atoms with van der Waals surface area (Å²) in [6.07, 6.45) is 0.957. The highest BCUT2D eigenvalue weighted by Crippen LogP contribution is 2.31.